The minimum absolute atomic E-state index is 0.375. The minimum atomic E-state index is -1.31. The van der Waals surface area contributed by atoms with E-state index in [0.29, 0.717) is 50.5 Å². The molecule has 120 valence electrons. The second-order valence-electron chi connectivity index (χ2n) is 5.96. The van der Waals surface area contributed by atoms with Crippen molar-refractivity contribution in [3.8, 4) is 0 Å². The molecule has 1 aromatic carbocycles. The van der Waals surface area contributed by atoms with Crippen LogP contribution in [-0.4, -0.2) is 42.9 Å². The average Bonchev–Trinajstić information content (AvgIpc) is 2.96. The molecule has 2 N–H and O–H groups in total. The molecule has 1 aliphatic carbocycles. The fraction of sp³-hybridized carbons (Fsp3) is 0.562. The summed E-state index contributed by atoms with van der Waals surface area (Å²) in [6.07, 6.45) is 2.61. The number of nitrogens with zero attached hydrogens (tertiary/aromatic N) is 1. The predicted octanol–water partition coefficient (Wildman–Crippen LogP) is 1.91. The molecular weight excluding hydrogens is 287 g/mol. The maximum absolute atomic E-state index is 14.3. The van der Waals surface area contributed by atoms with Crippen molar-refractivity contribution in [3.05, 3.63) is 24.0 Å². The summed E-state index contributed by atoms with van der Waals surface area (Å²) in [5.41, 5.74) is -0.417. The maximum atomic E-state index is 14.3. The molecule has 1 saturated heterocycles. The predicted molar refractivity (Wildman–Crippen MR) is 81.5 cm³/mol. The first-order chi connectivity index (χ1) is 10.6. The van der Waals surface area contributed by atoms with E-state index in [0.717, 1.165) is 12.8 Å². The topological polar surface area (TPSA) is 61.8 Å². The Morgan fingerprint density at radius 3 is 2.59 bits per heavy atom. The van der Waals surface area contributed by atoms with E-state index in [1.165, 1.54) is 6.07 Å². The number of aliphatic hydroxyl groups is 1. The monoisotopic (exact) mass is 308 g/mol. The Hall–Kier alpha value is -1.66. The van der Waals surface area contributed by atoms with Gasteiger partial charge in [0.15, 0.2) is 0 Å². The standard InChI is InChI=1S/C16H21FN2O3/c17-13-11-12(18-15(20)16(21)5-1-2-6-16)3-4-14(13)19-7-9-22-10-8-19/h3-4,11,21H,1-2,5-10H2,(H,18,20). The lowest BCUT2D eigenvalue weighted by Crippen LogP contribution is -2.40. The van der Waals surface area contributed by atoms with Gasteiger partial charge in [-0.1, -0.05) is 0 Å². The quantitative estimate of drug-likeness (QED) is 0.895. The maximum Gasteiger partial charge on any atom is 0.256 e. The fourth-order valence-electron chi connectivity index (χ4n) is 3.08. The molecule has 1 heterocycles. The first-order valence-electron chi connectivity index (χ1n) is 7.75. The highest BCUT2D eigenvalue weighted by atomic mass is 19.1. The zero-order chi connectivity index (χ0) is 15.6. The van der Waals surface area contributed by atoms with Gasteiger partial charge in [0.2, 0.25) is 0 Å². The van der Waals surface area contributed by atoms with Crippen molar-refractivity contribution in [2.24, 2.45) is 0 Å². The number of ether oxygens (including phenoxy) is 1. The molecule has 0 bridgehead atoms. The number of hydrogen-bond acceptors (Lipinski definition) is 4. The molecule has 0 unspecified atom stereocenters. The Kier molecular flexibility index (Phi) is 4.31. The second kappa shape index (κ2) is 6.22. The first-order valence-corrected chi connectivity index (χ1v) is 7.75. The van der Waals surface area contributed by atoms with Gasteiger partial charge in [0, 0.05) is 18.8 Å². The molecule has 0 aromatic heterocycles. The van der Waals surface area contributed by atoms with Gasteiger partial charge < -0.3 is 20.1 Å². The molecule has 5 nitrogen and oxygen atoms in total. The van der Waals surface area contributed by atoms with Crippen molar-refractivity contribution in [1.29, 1.82) is 0 Å². The fourth-order valence-corrected chi connectivity index (χ4v) is 3.08. The van der Waals surface area contributed by atoms with Crippen molar-refractivity contribution >= 4 is 17.3 Å². The van der Waals surface area contributed by atoms with E-state index in [2.05, 4.69) is 5.32 Å². The molecule has 0 atom stereocenters. The van der Waals surface area contributed by atoms with E-state index < -0.39 is 11.5 Å². The van der Waals surface area contributed by atoms with Crippen LogP contribution in [-0.2, 0) is 9.53 Å². The number of benzene rings is 1. The van der Waals surface area contributed by atoms with Crippen molar-refractivity contribution in [2.75, 3.05) is 36.5 Å². The van der Waals surface area contributed by atoms with Gasteiger partial charge in [0.25, 0.3) is 5.91 Å². The Balaban J connectivity index is 1.70. The van der Waals surface area contributed by atoms with Gasteiger partial charge in [-0.25, -0.2) is 4.39 Å². The molecular formula is C16H21FN2O3. The highest BCUT2D eigenvalue weighted by Gasteiger charge is 2.38. The molecule has 1 amide bonds. The van der Waals surface area contributed by atoms with Gasteiger partial charge in [0.05, 0.1) is 18.9 Å². The van der Waals surface area contributed by atoms with Crippen LogP contribution in [0.4, 0.5) is 15.8 Å². The van der Waals surface area contributed by atoms with Crippen molar-refractivity contribution in [1.82, 2.24) is 0 Å². The number of morpholine rings is 1. The highest BCUT2D eigenvalue weighted by Crippen LogP contribution is 2.31. The Bertz CT molecular complexity index is 552. The van der Waals surface area contributed by atoms with Crippen LogP contribution in [0.25, 0.3) is 0 Å². The molecule has 2 fully saturated rings. The third-order valence-electron chi connectivity index (χ3n) is 4.41. The summed E-state index contributed by atoms with van der Waals surface area (Å²) in [6, 6.07) is 4.64. The van der Waals surface area contributed by atoms with E-state index in [1.54, 1.807) is 12.1 Å². The lowest BCUT2D eigenvalue weighted by atomic mass is 10.0. The van der Waals surface area contributed by atoms with Crippen LogP contribution in [0.1, 0.15) is 25.7 Å². The van der Waals surface area contributed by atoms with Crippen LogP contribution >= 0.6 is 0 Å². The number of hydrogen-bond donors (Lipinski definition) is 2. The third-order valence-corrected chi connectivity index (χ3v) is 4.41. The molecule has 1 saturated carbocycles. The Labute approximate surface area is 129 Å². The normalized spacial score (nSPS) is 20.9. The minimum Gasteiger partial charge on any atom is -0.380 e. The zero-order valence-electron chi connectivity index (χ0n) is 12.5. The van der Waals surface area contributed by atoms with Crippen molar-refractivity contribution in [2.45, 2.75) is 31.3 Å². The number of halogens is 1. The van der Waals surface area contributed by atoms with Gasteiger partial charge in [0.1, 0.15) is 11.4 Å². The number of nitrogens with one attached hydrogen (secondary N) is 1. The van der Waals surface area contributed by atoms with E-state index >= 15 is 0 Å². The highest BCUT2D eigenvalue weighted by molar-refractivity contribution is 5.97. The number of anilines is 2. The van der Waals surface area contributed by atoms with Crippen LogP contribution in [0.2, 0.25) is 0 Å². The van der Waals surface area contributed by atoms with Crippen LogP contribution in [0.15, 0.2) is 18.2 Å². The average molecular weight is 308 g/mol. The van der Waals surface area contributed by atoms with Crippen LogP contribution in [0, 0.1) is 5.82 Å². The lowest BCUT2D eigenvalue weighted by molar-refractivity contribution is -0.133. The number of amides is 1. The molecule has 0 radical (unpaired) electrons. The molecule has 1 aromatic rings. The van der Waals surface area contributed by atoms with E-state index in [4.69, 9.17) is 4.74 Å². The summed E-state index contributed by atoms with van der Waals surface area (Å²) in [5, 5.41) is 12.8. The van der Waals surface area contributed by atoms with Crippen molar-refractivity contribution < 1.29 is 19.0 Å². The third kappa shape index (κ3) is 3.08. The van der Waals surface area contributed by atoms with Crippen LogP contribution < -0.4 is 10.2 Å². The van der Waals surface area contributed by atoms with Gasteiger partial charge in [-0.2, -0.15) is 0 Å². The summed E-state index contributed by atoms with van der Waals surface area (Å²) >= 11 is 0. The van der Waals surface area contributed by atoms with Gasteiger partial charge in [-0.15, -0.1) is 0 Å². The molecule has 22 heavy (non-hydrogen) atoms. The molecule has 3 rings (SSSR count). The van der Waals surface area contributed by atoms with Crippen LogP contribution in [0.3, 0.4) is 0 Å². The molecule has 0 spiro atoms. The summed E-state index contributed by atoms with van der Waals surface area (Å²) in [5.74, 6) is -0.818. The summed E-state index contributed by atoms with van der Waals surface area (Å²) in [7, 11) is 0. The largest absolute Gasteiger partial charge is 0.380 e. The summed E-state index contributed by atoms with van der Waals surface area (Å²) < 4.78 is 19.5. The van der Waals surface area contributed by atoms with Crippen LogP contribution in [0.5, 0.6) is 0 Å². The first kappa shape index (κ1) is 15.2. The zero-order valence-corrected chi connectivity index (χ0v) is 12.5. The molecule has 1 aliphatic heterocycles. The van der Waals surface area contributed by atoms with Gasteiger partial charge in [-0.3, -0.25) is 4.79 Å². The number of carbonyl (C=O) groups excluding carboxylic acids is 1. The van der Waals surface area contributed by atoms with Crippen molar-refractivity contribution in [3.63, 3.8) is 0 Å². The van der Waals surface area contributed by atoms with E-state index in [-0.39, 0.29) is 5.82 Å². The second-order valence-corrected chi connectivity index (χ2v) is 5.96. The smallest absolute Gasteiger partial charge is 0.256 e. The lowest BCUT2D eigenvalue weighted by Gasteiger charge is -2.29. The summed E-state index contributed by atoms with van der Waals surface area (Å²) in [4.78, 5) is 14.0. The molecule has 6 heteroatoms. The SMILES string of the molecule is O=C(Nc1ccc(N2CCOCC2)c(F)c1)C1(O)CCCC1. The Morgan fingerprint density at radius 1 is 1.27 bits per heavy atom. The number of carbonyl (C=O) groups is 1. The van der Waals surface area contributed by atoms with E-state index in [1.807, 2.05) is 4.90 Å². The Morgan fingerprint density at radius 2 is 1.95 bits per heavy atom. The van der Waals surface area contributed by atoms with Gasteiger partial charge >= 0.3 is 0 Å². The van der Waals surface area contributed by atoms with Gasteiger partial charge in [-0.05, 0) is 43.9 Å². The van der Waals surface area contributed by atoms with E-state index in [9.17, 15) is 14.3 Å². The summed E-state index contributed by atoms with van der Waals surface area (Å²) in [6.45, 7) is 2.49. The number of rotatable bonds is 3. The molecule has 2 aliphatic rings.